The van der Waals surface area contributed by atoms with Crippen molar-refractivity contribution >= 4 is 34.5 Å². The Bertz CT molecular complexity index is 642. The van der Waals surface area contributed by atoms with Crippen LogP contribution in [0.1, 0.15) is 18.9 Å². The van der Waals surface area contributed by atoms with E-state index in [1.807, 2.05) is 0 Å². The molecule has 3 N–H and O–H groups in total. The van der Waals surface area contributed by atoms with Gasteiger partial charge in [0, 0.05) is 5.56 Å². The predicted octanol–water partition coefficient (Wildman–Crippen LogP) is 1.18. The number of benzene rings is 1. The van der Waals surface area contributed by atoms with Crippen LogP contribution in [0.15, 0.2) is 34.5 Å². The lowest BCUT2D eigenvalue weighted by Crippen LogP contribution is -2.26. The summed E-state index contributed by atoms with van der Waals surface area (Å²) in [5, 5.41) is 28.2. The fraction of sp³-hybridized carbons (Fsp3) is 0.231. The highest BCUT2D eigenvalue weighted by Crippen LogP contribution is 2.23. The minimum absolute atomic E-state index is 0.0887. The summed E-state index contributed by atoms with van der Waals surface area (Å²) in [7, 11) is 0. The third kappa shape index (κ3) is 3.82. The van der Waals surface area contributed by atoms with Crippen molar-refractivity contribution in [2.24, 2.45) is 10.2 Å². The van der Waals surface area contributed by atoms with E-state index in [9.17, 15) is 14.7 Å². The number of phenolic OH excluding ortho intramolecular Hbond substituents is 1. The van der Waals surface area contributed by atoms with Gasteiger partial charge in [-0.3, -0.25) is 9.59 Å². The Morgan fingerprint density at radius 3 is 2.81 bits per heavy atom. The Kier molecular flexibility index (Phi) is 4.59. The lowest BCUT2D eigenvalue weighted by Gasteiger charge is -2.01. The number of aromatic hydroxyl groups is 1. The van der Waals surface area contributed by atoms with E-state index in [0.717, 1.165) is 11.8 Å². The Balaban J connectivity index is 2.11. The van der Waals surface area contributed by atoms with Gasteiger partial charge < -0.3 is 15.5 Å². The Labute approximate surface area is 124 Å². The summed E-state index contributed by atoms with van der Waals surface area (Å²) >= 11 is 1.03. The molecule has 1 aromatic rings. The van der Waals surface area contributed by atoms with Crippen LogP contribution in [0.25, 0.3) is 0 Å². The Morgan fingerprint density at radius 2 is 2.14 bits per heavy atom. The molecule has 0 aromatic heterocycles. The van der Waals surface area contributed by atoms with Crippen molar-refractivity contribution in [1.29, 1.82) is 0 Å². The maximum atomic E-state index is 11.5. The van der Waals surface area contributed by atoms with Gasteiger partial charge in [0.15, 0.2) is 5.17 Å². The lowest BCUT2D eigenvalue weighted by atomic mass is 10.1. The van der Waals surface area contributed by atoms with Crippen LogP contribution in [0.2, 0.25) is 0 Å². The Morgan fingerprint density at radius 1 is 1.43 bits per heavy atom. The zero-order chi connectivity index (χ0) is 15.4. The first kappa shape index (κ1) is 15.0. The summed E-state index contributed by atoms with van der Waals surface area (Å²) in [6, 6.07) is 6.69. The predicted molar refractivity (Wildman–Crippen MR) is 79.5 cm³/mol. The van der Waals surface area contributed by atoms with Crippen molar-refractivity contribution in [3.05, 3.63) is 29.8 Å². The zero-order valence-electron chi connectivity index (χ0n) is 11.1. The molecule has 0 spiro atoms. The topological polar surface area (TPSA) is 111 Å². The van der Waals surface area contributed by atoms with Gasteiger partial charge >= 0.3 is 5.97 Å². The van der Waals surface area contributed by atoms with Crippen molar-refractivity contribution in [1.82, 2.24) is 5.32 Å². The number of para-hydroxylation sites is 1. The third-order valence-electron chi connectivity index (χ3n) is 2.72. The van der Waals surface area contributed by atoms with Crippen LogP contribution >= 0.6 is 11.8 Å². The molecule has 7 nitrogen and oxygen atoms in total. The first-order valence-electron chi connectivity index (χ1n) is 6.07. The molecule has 1 atom stereocenters. The molecule has 1 amide bonds. The molecule has 0 saturated carbocycles. The molecule has 0 aliphatic carbocycles. The summed E-state index contributed by atoms with van der Waals surface area (Å²) < 4.78 is 0. The van der Waals surface area contributed by atoms with E-state index in [2.05, 4.69) is 15.5 Å². The molecule has 1 aliphatic heterocycles. The van der Waals surface area contributed by atoms with Gasteiger partial charge in [0.1, 0.15) is 11.0 Å². The number of carboxylic acids is 1. The minimum atomic E-state index is -1.04. The quantitative estimate of drug-likeness (QED) is 0.571. The molecular formula is C13H13N3O4S. The monoisotopic (exact) mass is 307 g/mol. The molecule has 0 bridgehead atoms. The van der Waals surface area contributed by atoms with Gasteiger partial charge in [0.25, 0.3) is 0 Å². The number of carboxylic acid groups (broad SMARTS) is 1. The van der Waals surface area contributed by atoms with Crippen LogP contribution in [-0.2, 0) is 9.59 Å². The number of amides is 1. The number of hydrogen-bond acceptors (Lipinski definition) is 6. The second kappa shape index (κ2) is 6.40. The average molecular weight is 307 g/mol. The van der Waals surface area contributed by atoms with E-state index in [1.54, 1.807) is 25.1 Å². The molecule has 2 rings (SSSR count). The van der Waals surface area contributed by atoms with E-state index in [-0.39, 0.29) is 17.3 Å². The number of phenols is 1. The first-order valence-corrected chi connectivity index (χ1v) is 6.95. The summed E-state index contributed by atoms with van der Waals surface area (Å²) in [5.41, 5.74) is 1.02. The van der Waals surface area contributed by atoms with Gasteiger partial charge in [-0.1, -0.05) is 23.9 Å². The molecule has 8 heteroatoms. The molecule has 1 heterocycles. The van der Waals surface area contributed by atoms with E-state index < -0.39 is 17.1 Å². The van der Waals surface area contributed by atoms with Crippen LogP contribution < -0.4 is 5.32 Å². The van der Waals surface area contributed by atoms with Crippen molar-refractivity contribution in [2.75, 3.05) is 0 Å². The number of thioether (sulfide) groups is 1. The van der Waals surface area contributed by atoms with Crippen LogP contribution in [0.3, 0.4) is 0 Å². The summed E-state index contributed by atoms with van der Waals surface area (Å²) in [5.74, 6) is -1.35. The molecule has 1 unspecified atom stereocenters. The van der Waals surface area contributed by atoms with E-state index >= 15 is 0 Å². The number of carbonyl (C=O) groups is 2. The lowest BCUT2D eigenvalue weighted by molar-refractivity contribution is -0.138. The maximum Gasteiger partial charge on any atom is 0.305 e. The standard InChI is InChI=1S/C13H13N3O4S/c1-7(8-4-2-3-5-9(8)17)15-16-13-14-12(20)10(21-13)6-11(18)19/h2-5,10,17H,6H2,1H3,(H,18,19)(H,14,16,20). The summed E-state index contributed by atoms with van der Waals surface area (Å²) in [4.78, 5) is 22.1. The highest BCUT2D eigenvalue weighted by molar-refractivity contribution is 8.15. The van der Waals surface area contributed by atoms with Crippen LogP contribution in [-0.4, -0.2) is 38.2 Å². The van der Waals surface area contributed by atoms with Crippen molar-refractivity contribution in [3.8, 4) is 5.75 Å². The SMILES string of the molecule is CC(=NN=C1NC(=O)C(CC(=O)O)S1)c1ccccc1O. The van der Waals surface area contributed by atoms with Crippen LogP contribution in [0, 0.1) is 0 Å². The summed E-state index contributed by atoms with van der Waals surface area (Å²) in [6.07, 6.45) is -0.266. The van der Waals surface area contributed by atoms with Gasteiger partial charge in [-0.25, -0.2) is 0 Å². The van der Waals surface area contributed by atoms with Gasteiger partial charge in [-0.2, -0.15) is 5.10 Å². The van der Waals surface area contributed by atoms with Gasteiger partial charge in [0.05, 0.1) is 12.1 Å². The molecule has 110 valence electrons. The van der Waals surface area contributed by atoms with Gasteiger partial charge in [-0.15, -0.1) is 5.10 Å². The zero-order valence-corrected chi connectivity index (χ0v) is 11.9. The van der Waals surface area contributed by atoms with E-state index in [4.69, 9.17) is 5.11 Å². The number of rotatable bonds is 4. The van der Waals surface area contributed by atoms with Gasteiger partial charge in [-0.05, 0) is 19.1 Å². The third-order valence-corrected chi connectivity index (χ3v) is 3.79. The number of hydrogen-bond donors (Lipinski definition) is 3. The largest absolute Gasteiger partial charge is 0.507 e. The molecule has 21 heavy (non-hydrogen) atoms. The van der Waals surface area contributed by atoms with Gasteiger partial charge in [0.2, 0.25) is 5.91 Å². The molecule has 1 saturated heterocycles. The number of nitrogens with one attached hydrogen (secondary N) is 1. The minimum Gasteiger partial charge on any atom is -0.507 e. The fourth-order valence-electron chi connectivity index (χ4n) is 1.70. The van der Waals surface area contributed by atoms with Crippen LogP contribution in [0.5, 0.6) is 5.75 Å². The second-order valence-electron chi connectivity index (χ2n) is 4.30. The maximum absolute atomic E-state index is 11.5. The van der Waals surface area contributed by atoms with E-state index in [0.29, 0.717) is 11.3 Å². The number of carbonyl (C=O) groups excluding carboxylic acids is 1. The second-order valence-corrected chi connectivity index (χ2v) is 5.49. The highest BCUT2D eigenvalue weighted by atomic mass is 32.2. The molecule has 1 aliphatic rings. The molecule has 1 aromatic carbocycles. The van der Waals surface area contributed by atoms with Crippen molar-refractivity contribution in [2.45, 2.75) is 18.6 Å². The smallest absolute Gasteiger partial charge is 0.305 e. The van der Waals surface area contributed by atoms with Crippen molar-refractivity contribution < 1.29 is 19.8 Å². The molecular weight excluding hydrogens is 294 g/mol. The highest BCUT2D eigenvalue weighted by Gasteiger charge is 2.32. The molecule has 1 fully saturated rings. The van der Waals surface area contributed by atoms with Crippen molar-refractivity contribution in [3.63, 3.8) is 0 Å². The molecule has 0 radical (unpaired) electrons. The average Bonchev–Trinajstić information content (AvgIpc) is 2.76. The summed E-state index contributed by atoms with van der Waals surface area (Å²) in [6.45, 7) is 1.68. The fourth-order valence-corrected chi connectivity index (χ4v) is 2.61. The number of aliphatic carboxylic acids is 1. The van der Waals surface area contributed by atoms with Crippen LogP contribution in [0.4, 0.5) is 0 Å². The normalized spacial score (nSPS) is 20.6. The Hall–Kier alpha value is -2.35. The van der Waals surface area contributed by atoms with E-state index in [1.165, 1.54) is 6.07 Å². The first-order chi connectivity index (χ1) is 9.97. The number of nitrogens with zero attached hydrogens (tertiary/aromatic N) is 2. The number of amidine groups is 1.